The Bertz CT molecular complexity index is 476. The quantitative estimate of drug-likeness (QED) is 0.875. The molecule has 1 aromatic rings. The van der Waals surface area contributed by atoms with Crippen LogP contribution in [0.5, 0.6) is 0 Å². The van der Waals surface area contributed by atoms with Gasteiger partial charge in [0.05, 0.1) is 0 Å². The number of nitrogens with one attached hydrogen (secondary N) is 1. The van der Waals surface area contributed by atoms with E-state index in [1.807, 2.05) is 0 Å². The van der Waals surface area contributed by atoms with Gasteiger partial charge in [-0.25, -0.2) is 0 Å². The van der Waals surface area contributed by atoms with Gasteiger partial charge < -0.3 is 10.2 Å². The molecule has 0 aromatic heterocycles. The van der Waals surface area contributed by atoms with E-state index in [1.165, 1.54) is 51.0 Å². The van der Waals surface area contributed by atoms with E-state index in [1.54, 1.807) is 5.56 Å². The van der Waals surface area contributed by atoms with Gasteiger partial charge in [-0.2, -0.15) is 0 Å². The molecule has 4 rings (SSSR count). The number of hydrogen-bond donors (Lipinski definition) is 1. The third-order valence-electron chi connectivity index (χ3n) is 5.72. The molecule has 2 aliphatic heterocycles. The van der Waals surface area contributed by atoms with Crippen molar-refractivity contribution in [1.29, 1.82) is 0 Å². The zero-order chi connectivity index (χ0) is 12.9. The second-order valence-corrected chi connectivity index (χ2v) is 6.85. The molecule has 2 nitrogen and oxygen atoms in total. The van der Waals surface area contributed by atoms with Gasteiger partial charge in [-0.05, 0) is 68.7 Å². The van der Waals surface area contributed by atoms with Crippen molar-refractivity contribution in [1.82, 2.24) is 5.32 Å². The molecule has 0 bridgehead atoms. The van der Waals surface area contributed by atoms with Gasteiger partial charge in [-0.15, -0.1) is 0 Å². The smallest absolute Gasteiger partial charge is 0.0402 e. The van der Waals surface area contributed by atoms with E-state index in [0.29, 0.717) is 11.5 Å². The molecule has 2 unspecified atom stereocenters. The molecule has 0 radical (unpaired) electrons. The average molecular weight is 256 g/mol. The van der Waals surface area contributed by atoms with Crippen LogP contribution < -0.4 is 10.2 Å². The summed E-state index contributed by atoms with van der Waals surface area (Å²) in [6, 6.07) is 9.68. The first-order valence-corrected chi connectivity index (χ1v) is 7.84. The van der Waals surface area contributed by atoms with Gasteiger partial charge in [-0.1, -0.05) is 18.2 Å². The maximum atomic E-state index is 3.51. The van der Waals surface area contributed by atoms with E-state index in [9.17, 15) is 0 Å². The van der Waals surface area contributed by atoms with Gasteiger partial charge in [0.1, 0.15) is 0 Å². The van der Waals surface area contributed by atoms with Gasteiger partial charge in [0, 0.05) is 18.3 Å². The second-order valence-electron chi connectivity index (χ2n) is 6.85. The number of piperidine rings is 1. The SMILES string of the molecule is CC1Cc2ccccc2N1CC1CC12CCNCC2. The van der Waals surface area contributed by atoms with Crippen LogP contribution in [-0.2, 0) is 6.42 Å². The summed E-state index contributed by atoms with van der Waals surface area (Å²) >= 11 is 0. The van der Waals surface area contributed by atoms with Crippen LogP contribution in [0, 0.1) is 11.3 Å². The summed E-state index contributed by atoms with van der Waals surface area (Å²) in [7, 11) is 0. The molecule has 0 amide bonds. The van der Waals surface area contributed by atoms with Crippen LogP contribution in [0.2, 0.25) is 0 Å². The minimum Gasteiger partial charge on any atom is -0.368 e. The summed E-state index contributed by atoms with van der Waals surface area (Å²) in [6.07, 6.45) is 5.51. The van der Waals surface area contributed by atoms with Crippen molar-refractivity contribution in [3.8, 4) is 0 Å². The lowest BCUT2D eigenvalue weighted by atomic mass is 9.92. The Hall–Kier alpha value is -1.02. The molecular formula is C17H24N2. The largest absolute Gasteiger partial charge is 0.368 e. The molecule has 1 spiro atoms. The Labute approximate surface area is 116 Å². The van der Waals surface area contributed by atoms with E-state index in [2.05, 4.69) is 41.4 Å². The average Bonchev–Trinajstić information content (AvgIpc) is 2.97. The molecule has 2 fully saturated rings. The number of nitrogens with zero attached hydrogens (tertiary/aromatic N) is 1. The zero-order valence-corrected chi connectivity index (χ0v) is 11.9. The first-order valence-electron chi connectivity index (χ1n) is 7.84. The summed E-state index contributed by atoms with van der Waals surface area (Å²) in [5.41, 5.74) is 3.77. The van der Waals surface area contributed by atoms with E-state index in [-0.39, 0.29) is 0 Å². The van der Waals surface area contributed by atoms with E-state index < -0.39 is 0 Å². The highest BCUT2D eigenvalue weighted by Crippen LogP contribution is 2.59. The van der Waals surface area contributed by atoms with Crippen LogP contribution in [0.3, 0.4) is 0 Å². The standard InChI is InChI=1S/C17H24N2/c1-13-10-14-4-2-3-5-16(14)19(13)12-15-11-17(15)6-8-18-9-7-17/h2-5,13,15,18H,6-12H2,1H3. The van der Waals surface area contributed by atoms with Gasteiger partial charge in [-0.3, -0.25) is 0 Å². The highest BCUT2D eigenvalue weighted by atomic mass is 15.2. The maximum absolute atomic E-state index is 3.51. The molecule has 1 N–H and O–H groups in total. The zero-order valence-electron chi connectivity index (χ0n) is 11.9. The molecule has 2 atom stereocenters. The van der Waals surface area contributed by atoms with Crippen LogP contribution in [0.1, 0.15) is 31.7 Å². The van der Waals surface area contributed by atoms with Crippen molar-refractivity contribution in [2.24, 2.45) is 11.3 Å². The monoisotopic (exact) mass is 256 g/mol. The van der Waals surface area contributed by atoms with Crippen molar-refractivity contribution >= 4 is 5.69 Å². The normalized spacial score (nSPS) is 31.5. The predicted molar refractivity (Wildman–Crippen MR) is 79.6 cm³/mol. The van der Waals surface area contributed by atoms with Gasteiger partial charge >= 0.3 is 0 Å². The lowest BCUT2D eigenvalue weighted by molar-refractivity contribution is 0.322. The highest BCUT2D eigenvalue weighted by molar-refractivity contribution is 5.59. The third-order valence-corrected chi connectivity index (χ3v) is 5.72. The van der Waals surface area contributed by atoms with Gasteiger partial charge in [0.25, 0.3) is 0 Å². The van der Waals surface area contributed by atoms with Crippen molar-refractivity contribution < 1.29 is 0 Å². The van der Waals surface area contributed by atoms with E-state index in [0.717, 1.165) is 5.92 Å². The van der Waals surface area contributed by atoms with E-state index in [4.69, 9.17) is 0 Å². The van der Waals surface area contributed by atoms with Crippen LogP contribution in [0.25, 0.3) is 0 Å². The van der Waals surface area contributed by atoms with Crippen molar-refractivity contribution in [3.63, 3.8) is 0 Å². The molecule has 1 aromatic carbocycles. The predicted octanol–water partition coefficient (Wildman–Crippen LogP) is 2.83. The molecule has 3 aliphatic rings. The van der Waals surface area contributed by atoms with Crippen LogP contribution in [-0.4, -0.2) is 25.7 Å². The molecule has 102 valence electrons. The summed E-state index contributed by atoms with van der Waals surface area (Å²) in [5.74, 6) is 0.947. The van der Waals surface area contributed by atoms with E-state index >= 15 is 0 Å². The number of benzene rings is 1. The highest BCUT2D eigenvalue weighted by Gasteiger charge is 2.54. The lowest BCUT2D eigenvalue weighted by Gasteiger charge is -2.28. The number of rotatable bonds is 2. The fourth-order valence-electron chi connectivity index (χ4n) is 4.37. The molecule has 2 heteroatoms. The topological polar surface area (TPSA) is 15.3 Å². The number of para-hydroxylation sites is 1. The van der Waals surface area contributed by atoms with Crippen LogP contribution >= 0.6 is 0 Å². The molecule has 2 heterocycles. The molecule has 1 saturated carbocycles. The molecule has 19 heavy (non-hydrogen) atoms. The summed E-state index contributed by atoms with van der Waals surface area (Å²) in [5, 5.41) is 3.51. The number of anilines is 1. The van der Waals surface area contributed by atoms with Crippen molar-refractivity contribution in [2.75, 3.05) is 24.5 Å². The van der Waals surface area contributed by atoms with Gasteiger partial charge in [0.2, 0.25) is 0 Å². The minimum absolute atomic E-state index is 0.691. The Morgan fingerprint density at radius 3 is 2.89 bits per heavy atom. The lowest BCUT2D eigenvalue weighted by Crippen LogP contribution is -2.35. The van der Waals surface area contributed by atoms with Crippen molar-refractivity contribution in [3.05, 3.63) is 29.8 Å². The van der Waals surface area contributed by atoms with Crippen LogP contribution in [0.15, 0.2) is 24.3 Å². The first-order chi connectivity index (χ1) is 9.28. The Morgan fingerprint density at radius 1 is 1.26 bits per heavy atom. The first kappa shape index (κ1) is 11.8. The fraction of sp³-hybridized carbons (Fsp3) is 0.647. The third kappa shape index (κ3) is 1.88. The number of hydrogen-bond acceptors (Lipinski definition) is 2. The minimum atomic E-state index is 0.691. The summed E-state index contributed by atoms with van der Waals surface area (Å²) in [4.78, 5) is 2.68. The fourth-order valence-corrected chi connectivity index (χ4v) is 4.37. The number of fused-ring (bicyclic) bond motifs is 1. The molecule has 1 saturated heterocycles. The Balaban J connectivity index is 1.49. The maximum Gasteiger partial charge on any atom is 0.0402 e. The second kappa shape index (κ2) is 4.24. The molecular weight excluding hydrogens is 232 g/mol. The van der Waals surface area contributed by atoms with Gasteiger partial charge in [0.15, 0.2) is 0 Å². The summed E-state index contributed by atoms with van der Waals surface area (Å²) in [6.45, 7) is 6.15. The Kier molecular flexibility index (Phi) is 2.63. The Morgan fingerprint density at radius 2 is 2.05 bits per heavy atom. The van der Waals surface area contributed by atoms with Crippen molar-refractivity contribution in [2.45, 2.75) is 38.6 Å². The van der Waals surface area contributed by atoms with Crippen LogP contribution in [0.4, 0.5) is 5.69 Å². The summed E-state index contributed by atoms with van der Waals surface area (Å²) < 4.78 is 0. The molecule has 1 aliphatic carbocycles.